The van der Waals surface area contributed by atoms with E-state index in [0.29, 0.717) is 16.5 Å². The van der Waals surface area contributed by atoms with Gasteiger partial charge in [-0.1, -0.05) is 11.6 Å². The van der Waals surface area contributed by atoms with E-state index < -0.39 is 0 Å². The first-order chi connectivity index (χ1) is 9.61. The zero-order valence-corrected chi connectivity index (χ0v) is 11.8. The van der Waals surface area contributed by atoms with Gasteiger partial charge < -0.3 is 15.0 Å². The summed E-state index contributed by atoms with van der Waals surface area (Å²) in [6.45, 7) is 0. The molecule has 0 bridgehead atoms. The number of imidazole rings is 1. The summed E-state index contributed by atoms with van der Waals surface area (Å²) in [4.78, 5) is 8.91. The molecule has 0 aliphatic heterocycles. The number of ether oxygens (including phenoxy) is 1. The number of hydrogen-bond donors (Lipinski definition) is 1. The van der Waals surface area contributed by atoms with Gasteiger partial charge in [0, 0.05) is 19.3 Å². The number of hydrogen-bond acceptors (Lipinski definition) is 4. The molecule has 0 saturated heterocycles. The van der Waals surface area contributed by atoms with Crippen LogP contribution in [0.2, 0.25) is 5.02 Å². The molecule has 2 N–H and O–H groups in total. The molecule has 102 valence electrons. The van der Waals surface area contributed by atoms with Crippen molar-refractivity contribution in [3.8, 4) is 17.1 Å². The van der Waals surface area contributed by atoms with Crippen molar-refractivity contribution in [3.05, 3.63) is 35.5 Å². The van der Waals surface area contributed by atoms with Gasteiger partial charge >= 0.3 is 0 Å². The highest BCUT2D eigenvalue weighted by atomic mass is 35.5. The minimum absolute atomic E-state index is 0.473. The van der Waals surface area contributed by atoms with Crippen molar-refractivity contribution in [2.75, 3.05) is 12.8 Å². The highest BCUT2D eigenvalue weighted by Gasteiger charge is 2.16. The lowest BCUT2D eigenvalue weighted by atomic mass is 10.1. The predicted octanol–water partition coefficient (Wildman–Crippen LogP) is 2.88. The topological polar surface area (TPSA) is 66.0 Å². The quantitative estimate of drug-likeness (QED) is 0.736. The van der Waals surface area contributed by atoms with Gasteiger partial charge in [-0.25, -0.2) is 9.97 Å². The van der Waals surface area contributed by atoms with E-state index in [1.54, 1.807) is 25.4 Å². The number of halogens is 1. The number of pyridine rings is 1. The maximum atomic E-state index is 6.11. The van der Waals surface area contributed by atoms with E-state index >= 15 is 0 Å². The Labute approximate surface area is 121 Å². The molecule has 5 nitrogen and oxygen atoms in total. The average Bonchev–Trinajstić information content (AvgIpc) is 2.79. The van der Waals surface area contributed by atoms with E-state index in [-0.39, 0.29) is 0 Å². The number of aromatic nitrogens is 3. The number of aryl methyl sites for hydroxylation is 1. The molecule has 6 heteroatoms. The summed E-state index contributed by atoms with van der Waals surface area (Å²) in [5.74, 6) is 1.36. The molecule has 0 aliphatic carbocycles. The number of methoxy groups -OCH3 is 1. The molecule has 0 saturated carbocycles. The standard InChI is InChI=1S/C14H13ClN4O/c1-19-13(18-11-4-3-5-17-14(11)19)8-6-9(15)10(16)7-12(8)20-2/h3-7H,16H2,1-2H3. The van der Waals surface area contributed by atoms with Crippen molar-refractivity contribution >= 4 is 28.5 Å². The van der Waals surface area contributed by atoms with Crippen LogP contribution in [-0.2, 0) is 7.05 Å². The van der Waals surface area contributed by atoms with Gasteiger partial charge in [-0.15, -0.1) is 0 Å². The minimum Gasteiger partial charge on any atom is -0.496 e. The van der Waals surface area contributed by atoms with Crippen molar-refractivity contribution < 1.29 is 4.74 Å². The van der Waals surface area contributed by atoms with Crippen LogP contribution in [0.1, 0.15) is 0 Å². The van der Waals surface area contributed by atoms with E-state index in [2.05, 4.69) is 9.97 Å². The van der Waals surface area contributed by atoms with Crippen molar-refractivity contribution in [2.24, 2.45) is 7.05 Å². The monoisotopic (exact) mass is 288 g/mol. The summed E-state index contributed by atoms with van der Waals surface area (Å²) < 4.78 is 7.28. The van der Waals surface area contributed by atoms with Crippen molar-refractivity contribution in [1.82, 2.24) is 14.5 Å². The Kier molecular flexibility index (Phi) is 2.99. The van der Waals surface area contributed by atoms with Crippen molar-refractivity contribution in [2.45, 2.75) is 0 Å². The van der Waals surface area contributed by atoms with Crippen molar-refractivity contribution in [1.29, 1.82) is 0 Å². The van der Waals surface area contributed by atoms with Gasteiger partial charge in [0.25, 0.3) is 0 Å². The van der Waals surface area contributed by atoms with Crippen LogP contribution >= 0.6 is 11.6 Å². The van der Waals surface area contributed by atoms with Crippen LogP contribution in [0, 0.1) is 0 Å². The van der Waals surface area contributed by atoms with Gasteiger partial charge in [0.15, 0.2) is 5.65 Å². The minimum atomic E-state index is 0.473. The maximum Gasteiger partial charge on any atom is 0.160 e. The van der Waals surface area contributed by atoms with E-state index in [1.807, 2.05) is 23.7 Å². The number of nitrogens with two attached hydrogens (primary N) is 1. The Hall–Kier alpha value is -2.27. The Morgan fingerprint density at radius 3 is 2.85 bits per heavy atom. The van der Waals surface area contributed by atoms with Gasteiger partial charge in [0.1, 0.15) is 17.1 Å². The molecule has 0 fully saturated rings. The van der Waals surface area contributed by atoms with E-state index in [9.17, 15) is 0 Å². The normalized spacial score (nSPS) is 10.9. The molecule has 2 aromatic heterocycles. The Morgan fingerprint density at radius 1 is 1.35 bits per heavy atom. The van der Waals surface area contributed by atoms with Crippen LogP contribution in [0.5, 0.6) is 5.75 Å². The molecule has 0 spiro atoms. The van der Waals surface area contributed by atoms with Gasteiger partial charge in [0.05, 0.1) is 23.4 Å². The Morgan fingerprint density at radius 2 is 2.15 bits per heavy atom. The van der Waals surface area contributed by atoms with Gasteiger partial charge in [0.2, 0.25) is 0 Å². The number of nitrogens with zero attached hydrogens (tertiary/aromatic N) is 3. The third-order valence-corrected chi connectivity index (χ3v) is 3.51. The molecule has 3 aromatic rings. The molecule has 0 unspecified atom stereocenters. The zero-order valence-electron chi connectivity index (χ0n) is 11.1. The van der Waals surface area contributed by atoms with E-state index in [0.717, 1.165) is 22.6 Å². The summed E-state index contributed by atoms with van der Waals surface area (Å²) in [7, 11) is 3.49. The number of fused-ring (bicyclic) bond motifs is 1. The molecule has 3 rings (SSSR count). The smallest absolute Gasteiger partial charge is 0.160 e. The second-order valence-electron chi connectivity index (χ2n) is 4.41. The SMILES string of the molecule is COc1cc(N)c(Cl)cc1-c1nc2cccnc2n1C. The van der Waals surface area contributed by atoms with Crippen LogP contribution in [0.4, 0.5) is 5.69 Å². The molecular formula is C14H13ClN4O. The average molecular weight is 289 g/mol. The third-order valence-electron chi connectivity index (χ3n) is 3.19. The fraction of sp³-hybridized carbons (Fsp3) is 0.143. The van der Waals surface area contributed by atoms with Gasteiger partial charge in [-0.2, -0.15) is 0 Å². The fourth-order valence-corrected chi connectivity index (χ4v) is 2.34. The van der Waals surface area contributed by atoms with Gasteiger partial charge in [-0.3, -0.25) is 0 Å². The maximum absolute atomic E-state index is 6.11. The summed E-state index contributed by atoms with van der Waals surface area (Å²) in [6, 6.07) is 7.23. The Balaban J connectivity index is 2.30. The summed E-state index contributed by atoms with van der Waals surface area (Å²) >= 11 is 6.11. The number of rotatable bonds is 2. The fourth-order valence-electron chi connectivity index (χ4n) is 2.18. The molecule has 20 heavy (non-hydrogen) atoms. The van der Waals surface area contributed by atoms with E-state index in [4.69, 9.17) is 22.1 Å². The summed E-state index contributed by atoms with van der Waals surface area (Å²) in [5, 5.41) is 0.473. The third kappa shape index (κ3) is 1.87. The van der Waals surface area contributed by atoms with E-state index in [1.165, 1.54) is 0 Å². The molecule has 2 heterocycles. The van der Waals surface area contributed by atoms with Crippen LogP contribution in [0.15, 0.2) is 30.5 Å². The number of anilines is 1. The second-order valence-corrected chi connectivity index (χ2v) is 4.82. The number of benzene rings is 1. The molecule has 1 aromatic carbocycles. The van der Waals surface area contributed by atoms with Crippen LogP contribution in [-0.4, -0.2) is 21.6 Å². The highest BCUT2D eigenvalue weighted by molar-refractivity contribution is 6.33. The molecular weight excluding hydrogens is 276 g/mol. The first-order valence-corrected chi connectivity index (χ1v) is 6.40. The predicted molar refractivity (Wildman–Crippen MR) is 79.9 cm³/mol. The molecule has 0 amide bonds. The summed E-state index contributed by atoms with van der Waals surface area (Å²) in [6.07, 6.45) is 1.74. The van der Waals surface area contributed by atoms with Crippen LogP contribution in [0.25, 0.3) is 22.6 Å². The van der Waals surface area contributed by atoms with Gasteiger partial charge in [-0.05, 0) is 18.2 Å². The summed E-state index contributed by atoms with van der Waals surface area (Å²) in [5.41, 5.74) is 8.69. The molecule has 0 aliphatic rings. The lowest BCUT2D eigenvalue weighted by Crippen LogP contribution is -1.98. The highest BCUT2D eigenvalue weighted by Crippen LogP contribution is 2.36. The van der Waals surface area contributed by atoms with Crippen LogP contribution in [0.3, 0.4) is 0 Å². The molecule has 0 atom stereocenters. The number of nitrogen functional groups attached to an aromatic ring is 1. The molecule has 0 radical (unpaired) electrons. The largest absolute Gasteiger partial charge is 0.496 e. The first-order valence-electron chi connectivity index (χ1n) is 6.02. The van der Waals surface area contributed by atoms with Crippen molar-refractivity contribution in [3.63, 3.8) is 0 Å². The second kappa shape index (κ2) is 4.68. The zero-order chi connectivity index (χ0) is 14.3. The lowest BCUT2D eigenvalue weighted by molar-refractivity contribution is 0.416. The lowest BCUT2D eigenvalue weighted by Gasteiger charge is -2.10. The van der Waals surface area contributed by atoms with Crippen LogP contribution < -0.4 is 10.5 Å². The first kappa shape index (κ1) is 12.7. The Bertz CT molecular complexity index is 797.